The van der Waals surface area contributed by atoms with Crippen molar-refractivity contribution in [1.82, 2.24) is 14.5 Å². The normalized spacial score (nSPS) is 13.7. The van der Waals surface area contributed by atoms with Crippen LogP contribution in [0.5, 0.6) is 0 Å². The zero-order valence-corrected chi connectivity index (χ0v) is 13.0. The lowest BCUT2D eigenvalue weighted by molar-refractivity contribution is -0.384. The van der Waals surface area contributed by atoms with Crippen molar-refractivity contribution in [3.05, 3.63) is 68.4 Å². The van der Waals surface area contributed by atoms with Gasteiger partial charge < -0.3 is 4.84 Å². The SMILES string of the molecule is CCON=C1c2cc([N+](=O)[O-])ccc2-n2c1nc1ncccc1c2=O. The number of pyridine rings is 1. The minimum Gasteiger partial charge on any atom is -0.396 e. The Balaban J connectivity index is 2.09. The molecule has 0 bridgehead atoms. The fourth-order valence-electron chi connectivity index (χ4n) is 2.76. The van der Waals surface area contributed by atoms with Crippen molar-refractivity contribution in [3.63, 3.8) is 0 Å². The minimum atomic E-state index is -0.504. The summed E-state index contributed by atoms with van der Waals surface area (Å²) in [5.74, 6) is 0.250. The first-order valence-electron chi connectivity index (χ1n) is 7.49. The van der Waals surface area contributed by atoms with Gasteiger partial charge in [0.1, 0.15) is 6.61 Å². The molecule has 9 heteroatoms. The number of aromatic nitrogens is 3. The average molecular weight is 337 g/mol. The van der Waals surface area contributed by atoms with Crippen molar-refractivity contribution in [3.8, 4) is 5.69 Å². The second kappa shape index (κ2) is 5.48. The predicted molar refractivity (Wildman–Crippen MR) is 89.1 cm³/mol. The molecule has 0 atom stereocenters. The van der Waals surface area contributed by atoms with Crippen LogP contribution in [0.4, 0.5) is 5.69 Å². The maximum absolute atomic E-state index is 12.9. The smallest absolute Gasteiger partial charge is 0.270 e. The summed E-state index contributed by atoms with van der Waals surface area (Å²) in [4.78, 5) is 37.1. The Bertz CT molecular complexity index is 1120. The number of benzene rings is 1. The highest BCUT2D eigenvalue weighted by Gasteiger charge is 2.31. The molecule has 1 aliphatic heterocycles. The summed E-state index contributed by atoms with van der Waals surface area (Å²) >= 11 is 0. The summed E-state index contributed by atoms with van der Waals surface area (Å²) in [7, 11) is 0. The van der Waals surface area contributed by atoms with E-state index in [0.717, 1.165) is 0 Å². The molecule has 3 heterocycles. The lowest BCUT2D eigenvalue weighted by atomic mass is 10.1. The number of hydrogen-bond donors (Lipinski definition) is 0. The molecule has 25 heavy (non-hydrogen) atoms. The summed E-state index contributed by atoms with van der Waals surface area (Å²) < 4.78 is 1.38. The topological polar surface area (TPSA) is 113 Å². The standard InChI is InChI=1S/C16H11N5O4/c1-2-25-19-13-11-8-9(21(23)24)5-6-12(11)20-15(13)18-14-10(16(20)22)4-3-7-17-14/h3-8H,2H2,1H3. The van der Waals surface area contributed by atoms with E-state index in [1.54, 1.807) is 19.1 Å². The van der Waals surface area contributed by atoms with Gasteiger partial charge in [-0.05, 0) is 25.1 Å². The fourth-order valence-corrected chi connectivity index (χ4v) is 2.76. The van der Waals surface area contributed by atoms with Crippen molar-refractivity contribution in [2.24, 2.45) is 5.16 Å². The van der Waals surface area contributed by atoms with E-state index >= 15 is 0 Å². The first-order valence-corrected chi connectivity index (χ1v) is 7.49. The van der Waals surface area contributed by atoms with Gasteiger partial charge in [-0.2, -0.15) is 0 Å². The third-order valence-electron chi connectivity index (χ3n) is 3.83. The van der Waals surface area contributed by atoms with Crippen LogP contribution in [0.25, 0.3) is 16.7 Å². The second-order valence-electron chi connectivity index (χ2n) is 5.27. The highest BCUT2D eigenvalue weighted by molar-refractivity contribution is 6.16. The van der Waals surface area contributed by atoms with Gasteiger partial charge in [-0.3, -0.25) is 19.5 Å². The molecule has 0 fully saturated rings. The first-order chi connectivity index (χ1) is 12.1. The molecule has 4 rings (SSSR count). The van der Waals surface area contributed by atoms with Crippen LogP contribution in [0.15, 0.2) is 46.5 Å². The average Bonchev–Trinajstić information content (AvgIpc) is 2.93. The summed E-state index contributed by atoms with van der Waals surface area (Å²) in [6.45, 7) is 2.07. The number of nitro groups is 1. The summed E-state index contributed by atoms with van der Waals surface area (Å²) in [6, 6.07) is 7.50. The minimum absolute atomic E-state index is 0.105. The van der Waals surface area contributed by atoms with E-state index in [-0.39, 0.29) is 28.4 Å². The van der Waals surface area contributed by atoms with E-state index in [2.05, 4.69) is 15.1 Å². The summed E-state index contributed by atoms with van der Waals surface area (Å²) in [5, 5.41) is 15.5. The van der Waals surface area contributed by atoms with E-state index in [4.69, 9.17) is 4.84 Å². The van der Waals surface area contributed by atoms with Crippen molar-refractivity contribution in [1.29, 1.82) is 0 Å². The lowest BCUT2D eigenvalue weighted by Gasteiger charge is -2.05. The molecule has 1 aromatic carbocycles. The zero-order valence-electron chi connectivity index (χ0n) is 13.0. The maximum atomic E-state index is 12.9. The number of oxime groups is 1. The highest BCUT2D eigenvalue weighted by atomic mass is 16.6. The number of non-ortho nitro benzene ring substituents is 1. The third-order valence-corrected chi connectivity index (χ3v) is 3.83. The van der Waals surface area contributed by atoms with Gasteiger partial charge in [-0.1, -0.05) is 5.16 Å². The monoisotopic (exact) mass is 337 g/mol. The van der Waals surface area contributed by atoms with Crippen molar-refractivity contribution < 1.29 is 9.76 Å². The molecule has 0 saturated heterocycles. The number of rotatable bonds is 3. The van der Waals surface area contributed by atoms with Gasteiger partial charge in [0.05, 0.1) is 16.0 Å². The molecule has 0 aliphatic carbocycles. The van der Waals surface area contributed by atoms with E-state index < -0.39 is 4.92 Å². The largest absolute Gasteiger partial charge is 0.396 e. The lowest BCUT2D eigenvalue weighted by Crippen LogP contribution is -2.22. The van der Waals surface area contributed by atoms with Gasteiger partial charge in [0, 0.05) is 23.9 Å². The van der Waals surface area contributed by atoms with E-state index in [9.17, 15) is 14.9 Å². The van der Waals surface area contributed by atoms with Crippen molar-refractivity contribution in [2.45, 2.75) is 6.92 Å². The van der Waals surface area contributed by atoms with E-state index in [1.807, 2.05) is 0 Å². The number of fused-ring (bicyclic) bond motifs is 4. The molecule has 9 nitrogen and oxygen atoms in total. The summed E-state index contributed by atoms with van der Waals surface area (Å²) in [6.07, 6.45) is 1.54. The molecule has 2 aromatic heterocycles. The Morgan fingerprint density at radius 2 is 2.20 bits per heavy atom. The molecule has 1 aliphatic rings. The third kappa shape index (κ3) is 2.17. The van der Waals surface area contributed by atoms with Gasteiger partial charge in [0.15, 0.2) is 17.2 Å². The number of nitro benzene ring substituents is 1. The Kier molecular flexibility index (Phi) is 3.27. The zero-order chi connectivity index (χ0) is 17.6. The van der Waals surface area contributed by atoms with Crippen LogP contribution in [0, 0.1) is 10.1 Å². The van der Waals surface area contributed by atoms with Gasteiger partial charge in [-0.15, -0.1) is 0 Å². The van der Waals surface area contributed by atoms with E-state index in [1.165, 1.54) is 29.0 Å². The summed E-state index contributed by atoms with van der Waals surface area (Å²) in [5.41, 5.74) is 1.02. The van der Waals surface area contributed by atoms with Crippen LogP contribution < -0.4 is 5.56 Å². The van der Waals surface area contributed by atoms with Crippen LogP contribution in [-0.4, -0.2) is 31.8 Å². The molecular formula is C16H11N5O4. The van der Waals surface area contributed by atoms with Gasteiger partial charge in [0.25, 0.3) is 11.2 Å². The predicted octanol–water partition coefficient (Wildman–Crippen LogP) is 1.79. The Labute approximate surface area is 140 Å². The van der Waals surface area contributed by atoms with Crippen LogP contribution in [0.1, 0.15) is 18.3 Å². The fraction of sp³-hybridized carbons (Fsp3) is 0.125. The van der Waals surface area contributed by atoms with Crippen molar-refractivity contribution in [2.75, 3.05) is 6.61 Å². The van der Waals surface area contributed by atoms with Crippen LogP contribution >= 0.6 is 0 Å². The Morgan fingerprint density at radius 1 is 1.36 bits per heavy atom. The molecule has 0 saturated carbocycles. The first kappa shape index (κ1) is 14.9. The van der Waals surface area contributed by atoms with Gasteiger partial charge >= 0.3 is 0 Å². The number of hydrogen-bond acceptors (Lipinski definition) is 7. The molecule has 0 amide bonds. The molecule has 0 N–H and O–H groups in total. The van der Waals surface area contributed by atoms with Crippen LogP contribution in [0.3, 0.4) is 0 Å². The quantitative estimate of drug-likeness (QED) is 0.416. The molecular weight excluding hydrogens is 326 g/mol. The molecule has 124 valence electrons. The Morgan fingerprint density at radius 3 is 2.96 bits per heavy atom. The highest BCUT2D eigenvalue weighted by Crippen LogP contribution is 2.30. The molecule has 0 unspecified atom stereocenters. The van der Waals surface area contributed by atoms with Crippen molar-refractivity contribution >= 4 is 22.4 Å². The molecule has 0 spiro atoms. The van der Waals surface area contributed by atoms with Crippen LogP contribution in [-0.2, 0) is 4.84 Å². The van der Waals surface area contributed by atoms with Gasteiger partial charge in [0.2, 0.25) is 0 Å². The second-order valence-corrected chi connectivity index (χ2v) is 5.27. The molecule has 3 aromatic rings. The number of nitrogens with zero attached hydrogens (tertiary/aromatic N) is 5. The molecule has 0 radical (unpaired) electrons. The van der Waals surface area contributed by atoms with Gasteiger partial charge in [-0.25, -0.2) is 9.97 Å². The maximum Gasteiger partial charge on any atom is 0.270 e. The Hall–Kier alpha value is -3.62. The van der Waals surface area contributed by atoms with E-state index in [0.29, 0.717) is 23.2 Å². The van der Waals surface area contributed by atoms with Crippen LogP contribution in [0.2, 0.25) is 0 Å².